The molecule has 0 aliphatic carbocycles. The number of aliphatic hydroxyl groups excluding tert-OH is 2. The van der Waals surface area contributed by atoms with Crippen molar-refractivity contribution in [1.82, 2.24) is 25.6 Å². The van der Waals surface area contributed by atoms with Crippen molar-refractivity contribution < 1.29 is 29.8 Å². The van der Waals surface area contributed by atoms with E-state index in [1.54, 1.807) is 19.2 Å². The second kappa shape index (κ2) is 8.67. The van der Waals surface area contributed by atoms with Crippen molar-refractivity contribution in [3.05, 3.63) is 40.7 Å². The number of aromatic nitrogens is 3. The highest BCUT2D eigenvalue weighted by Crippen LogP contribution is 2.32. The second-order valence-corrected chi connectivity index (χ2v) is 6.42. The van der Waals surface area contributed by atoms with Gasteiger partial charge in [0.05, 0.1) is 18.2 Å². The molecular formula is C16H22BN5O6. The van der Waals surface area contributed by atoms with Crippen molar-refractivity contribution in [2.24, 2.45) is 0 Å². The Morgan fingerprint density at radius 1 is 1.46 bits per heavy atom. The van der Waals surface area contributed by atoms with E-state index in [2.05, 4.69) is 20.9 Å². The van der Waals surface area contributed by atoms with Crippen molar-refractivity contribution in [3.8, 4) is 5.75 Å². The molecule has 12 heteroatoms. The van der Waals surface area contributed by atoms with Crippen LogP contribution in [0.4, 0.5) is 0 Å². The number of rotatable bonds is 7. The van der Waals surface area contributed by atoms with Crippen molar-refractivity contribution in [2.75, 3.05) is 7.05 Å². The third kappa shape index (κ3) is 4.15. The first kappa shape index (κ1) is 20.2. The van der Waals surface area contributed by atoms with Crippen LogP contribution in [-0.4, -0.2) is 61.4 Å². The lowest BCUT2D eigenvalue weighted by molar-refractivity contribution is -0.122. The van der Waals surface area contributed by atoms with Gasteiger partial charge in [0, 0.05) is 12.1 Å². The third-order valence-corrected chi connectivity index (χ3v) is 4.48. The minimum absolute atomic E-state index is 0.147. The lowest BCUT2D eigenvalue weighted by Crippen LogP contribution is -2.53. The average Bonchev–Trinajstić information content (AvgIpc) is 3.03. The van der Waals surface area contributed by atoms with Crippen LogP contribution in [0.3, 0.4) is 0 Å². The molecule has 0 bridgehead atoms. The molecule has 28 heavy (non-hydrogen) atoms. The first-order chi connectivity index (χ1) is 13.4. The van der Waals surface area contributed by atoms with E-state index in [4.69, 9.17) is 4.65 Å². The molecule has 0 saturated heterocycles. The molecule has 0 fully saturated rings. The summed E-state index contributed by atoms with van der Waals surface area (Å²) < 4.78 is 6.70. The molecule has 1 aromatic heterocycles. The molecular weight excluding hydrogens is 369 g/mol. The number of amides is 1. The SMILES string of the molecule is CNCc1nnn(CC(=O)N[C@H]2Cc3cccc(C(O)O)c3OB2O)c1CO. The predicted octanol–water partition coefficient (Wildman–Crippen LogP) is -2.39. The van der Waals surface area contributed by atoms with E-state index in [0.29, 0.717) is 23.5 Å². The number of hydrogen-bond acceptors (Lipinski definition) is 9. The normalized spacial score (nSPS) is 16.1. The summed E-state index contributed by atoms with van der Waals surface area (Å²) in [5.74, 6) is -0.972. The Balaban J connectivity index is 1.69. The predicted molar refractivity (Wildman–Crippen MR) is 96.6 cm³/mol. The zero-order chi connectivity index (χ0) is 20.3. The van der Waals surface area contributed by atoms with Crippen molar-refractivity contribution in [1.29, 1.82) is 0 Å². The second-order valence-electron chi connectivity index (χ2n) is 6.42. The zero-order valence-electron chi connectivity index (χ0n) is 15.2. The summed E-state index contributed by atoms with van der Waals surface area (Å²) in [7, 11) is 0.375. The van der Waals surface area contributed by atoms with Gasteiger partial charge in [-0.25, -0.2) is 4.68 Å². The van der Waals surface area contributed by atoms with Crippen molar-refractivity contribution in [3.63, 3.8) is 0 Å². The third-order valence-electron chi connectivity index (χ3n) is 4.48. The molecule has 1 aliphatic heterocycles. The summed E-state index contributed by atoms with van der Waals surface area (Å²) in [6, 6.07) is 4.84. The topological polar surface area (TPSA) is 162 Å². The van der Waals surface area contributed by atoms with E-state index in [-0.39, 0.29) is 30.9 Å². The van der Waals surface area contributed by atoms with Crippen molar-refractivity contribution in [2.45, 2.75) is 38.3 Å². The highest BCUT2D eigenvalue weighted by molar-refractivity contribution is 6.46. The maximum absolute atomic E-state index is 12.4. The average molecular weight is 391 g/mol. The first-order valence-corrected chi connectivity index (χ1v) is 8.73. The van der Waals surface area contributed by atoms with Gasteiger partial charge in [-0.05, 0) is 19.0 Å². The Labute approximate surface area is 161 Å². The standard InChI is InChI=1S/C16H22BN5O6/c1-18-6-11-12(8-23)22(21-20-11)7-14(24)19-13-5-9-3-2-4-10(16(25)26)15(9)28-17(13)27/h2-4,13,16,18,23,25-27H,5-8H2,1H3,(H,19,24)/t13-/m0/s1. The minimum atomic E-state index is -1.73. The molecule has 0 spiro atoms. The number of nitrogens with one attached hydrogen (secondary N) is 2. The number of nitrogens with zero attached hydrogens (tertiary/aromatic N) is 3. The van der Waals surface area contributed by atoms with E-state index in [1.807, 2.05) is 0 Å². The summed E-state index contributed by atoms with van der Waals surface area (Å²) in [6.45, 7) is -0.0906. The summed E-state index contributed by atoms with van der Waals surface area (Å²) in [5.41, 5.74) is 1.75. The number of fused-ring (bicyclic) bond motifs is 1. The van der Waals surface area contributed by atoms with E-state index < -0.39 is 25.3 Å². The van der Waals surface area contributed by atoms with Gasteiger partial charge in [-0.3, -0.25) is 4.79 Å². The van der Waals surface area contributed by atoms with Crippen LogP contribution in [0, 0.1) is 0 Å². The maximum atomic E-state index is 12.4. The maximum Gasteiger partial charge on any atom is 0.547 e. The van der Waals surface area contributed by atoms with E-state index in [0.717, 1.165) is 0 Å². The number of carbonyl (C=O) groups excluding carboxylic acids is 1. The Morgan fingerprint density at radius 3 is 2.93 bits per heavy atom. The molecule has 3 rings (SSSR count). The minimum Gasteiger partial charge on any atom is -0.534 e. The molecule has 1 atom stereocenters. The van der Waals surface area contributed by atoms with Crippen molar-refractivity contribution >= 4 is 13.0 Å². The lowest BCUT2D eigenvalue weighted by atomic mass is 9.72. The Morgan fingerprint density at radius 2 is 2.25 bits per heavy atom. The van der Waals surface area contributed by atoms with Crippen LogP contribution in [0.5, 0.6) is 5.75 Å². The molecule has 1 amide bonds. The van der Waals surface area contributed by atoms with Gasteiger partial charge in [0.2, 0.25) is 5.91 Å². The fourth-order valence-corrected chi connectivity index (χ4v) is 3.14. The molecule has 1 aliphatic rings. The molecule has 0 radical (unpaired) electrons. The van der Waals surface area contributed by atoms with Crippen LogP contribution >= 0.6 is 0 Å². The Kier molecular flexibility index (Phi) is 6.26. The highest BCUT2D eigenvalue weighted by Gasteiger charge is 2.37. The van der Waals surface area contributed by atoms with Crippen LogP contribution in [0.15, 0.2) is 18.2 Å². The number of hydrogen-bond donors (Lipinski definition) is 6. The van der Waals surface area contributed by atoms with Crippen LogP contribution < -0.4 is 15.3 Å². The van der Waals surface area contributed by atoms with Crippen LogP contribution in [-0.2, 0) is 30.9 Å². The van der Waals surface area contributed by atoms with Gasteiger partial charge in [-0.15, -0.1) is 5.10 Å². The molecule has 150 valence electrons. The summed E-state index contributed by atoms with van der Waals surface area (Å²) in [6.07, 6.45) is -1.48. The Bertz CT molecular complexity index is 845. The van der Waals surface area contributed by atoms with E-state index >= 15 is 0 Å². The monoisotopic (exact) mass is 391 g/mol. The van der Waals surface area contributed by atoms with Gasteiger partial charge in [0.25, 0.3) is 0 Å². The van der Waals surface area contributed by atoms with E-state index in [9.17, 15) is 25.1 Å². The molecule has 1 aromatic carbocycles. The lowest BCUT2D eigenvalue weighted by Gasteiger charge is -2.29. The van der Waals surface area contributed by atoms with Gasteiger partial charge in [0.1, 0.15) is 18.0 Å². The molecule has 2 heterocycles. The highest BCUT2D eigenvalue weighted by atomic mass is 16.5. The molecule has 11 nitrogen and oxygen atoms in total. The fraction of sp³-hybridized carbons (Fsp3) is 0.438. The van der Waals surface area contributed by atoms with Crippen LogP contribution in [0.25, 0.3) is 0 Å². The van der Waals surface area contributed by atoms with Gasteiger partial charge in [0.15, 0.2) is 6.29 Å². The van der Waals surface area contributed by atoms with E-state index in [1.165, 1.54) is 10.7 Å². The number of carbonyl (C=O) groups is 1. The van der Waals surface area contributed by atoms with Gasteiger partial charge in [-0.2, -0.15) is 0 Å². The summed E-state index contributed by atoms with van der Waals surface area (Å²) in [5, 5.41) is 52.0. The van der Waals surface area contributed by atoms with Gasteiger partial charge < -0.3 is 35.6 Å². The smallest absolute Gasteiger partial charge is 0.534 e. The summed E-state index contributed by atoms with van der Waals surface area (Å²) >= 11 is 0. The van der Waals surface area contributed by atoms with Crippen LogP contribution in [0.1, 0.15) is 28.8 Å². The Hall–Kier alpha value is -2.51. The molecule has 2 aromatic rings. The summed E-state index contributed by atoms with van der Waals surface area (Å²) in [4.78, 5) is 12.4. The molecule has 6 N–H and O–H groups in total. The largest absolute Gasteiger partial charge is 0.547 e. The van der Waals surface area contributed by atoms with Gasteiger partial charge >= 0.3 is 7.12 Å². The molecule has 0 saturated carbocycles. The molecule has 0 unspecified atom stereocenters. The first-order valence-electron chi connectivity index (χ1n) is 8.73. The quantitative estimate of drug-likeness (QED) is 0.223. The zero-order valence-corrected chi connectivity index (χ0v) is 15.2. The number of aliphatic hydroxyl groups is 3. The fourth-order valence-electron chi connectivity index (χ4n) is 3.14. The number of benzene rings is 1. The van der Waals surface area contributed by atoms with Gasteiger partial charge in [-0.1, -0.05) is 23.4 Å². The number of para-hydroxylation sites is 1. The van der Waals surface area contributed by atoms with Crippen LogP contribution in [0.2, 0.25) is 0 Å².